The number of aliphatic hydroxyl groups excluding tert-OH is 1. The number of esters is 1. The molecule has 1 aromatic heterocycles. The number of nitrogens with zero attached hydrogens (tertiary/aromatic N) is 1. The molecule has 0 amide bonds. The second-order valence-electron chi connectivity index (χ2n) is 9.11. The Hall–Kier alpha value is -2.80. The minimum absolute atomic E-state index is 0.153. The van der Waals surface area contributed by atoms with Crippen molar-refractivity contribution in [3.05, 3.63) is 63.4 Å². The molecule has 1 fully saturated rings. The zero-order valence-corrected chi connectivity index (χ0v) is 21.9. The van der Waals surface area contributed by atoms with Gasteiger partial charge in [-0.15, -0.1) is 0 Å². The Morgan fingerprint density at radius 2 is 1.92 bits per heavy atom. The molecule has 3 rings (SSSR count). The number of hydrogen-bond acceptors (Lipinski definition) is 10. The van der Waals surface area contributed by atoms with Gasteiger partial charge in [0.15, 0.2) is 6.23 Å². The fourth-order valence-electron chi connectivity index (χ4n) is 3.71. The van der Waals surface area contributed by atoms with E-state index in [1.807, 2.05) is 4.98 Å². The van der Waals surface area contributed by atoms with E-state index in [1.165, 1.54) is 32.9 Å². The summed E-state index contributed by atoms with van der Waals surface area (Å²) in [7, 11) is -4.36. The van der Waals surface area contributed by atoms with Crippen molar-refractivity contribution in [3.8, 4) is 5.75 Å². The summed E-state index contributed by atoms with van der Waals surface area (Å²) in [6.45, 7) is 7.29. The van der Waals surface area contributed by atoms with Crippen molar-refractivity contribution in [3.63, 3.8) is 0 Å². The van der Waals surface area contributed by atoms with E-state index in [-0.39, 0.29) is 5.75 Å². The number of aromatic nitrogens is 2. The summed E-state index contributed by atoms with van der Waals surface area (Å²) in [5.74, 6) is -0.558. The largest absolute Gasteiger partial charge is 0.462 e. The summed E-state index contributed by atoms with van der Waals surface area (Å²) in [5, 5.41) is 24.4. The summed E-state index contributed by atoms with van der Waals surface area (Å²) >= 11 is 0. The van der Waals surface area contributed by atoms with Crippen LogP contribution in [0.2, 0.25) is 0 Å². The molecule has 1 aliphatic heterocycles. The summed E-state index contributed by atoms with van der Waals surface area (Å²) < 4.78 is 44.5. The number of aliphatic hydroxyl groups is 2. The zero-order chi connectivity index (χ0) is 28.4. The molecule has 0 aliphatic carbocycles. The average molecular weight is 543 g/mol. The van der Waals surface area contributed by atoms with Crippen LogP contribution in [-0.2, 0) is 23.4 Å². The molecule has 1 aromatic carbocycles. The van der Waals surface area contributed by atoms with Crippen LogP contribution in [0.25, 0.3) is 0 Å². The minimum Gasteiger partial charge on any atom is -0.462 e. The van der Waals surface area contributed by atoms with E-state index in [1.54, 1.807) is 32.0 Å². The first kappa shape index (κ1) is 27.2. The Bertz CT molecular complexity index is 1300. The van der Waals surface area contributed by atoms with Gasteiger partial charge in [0.25, 0.3) is 5.56 Å². The molecule has 0 bridgehead atoms. The first-order chi connectivity index (χ1) is 17.6. The fraction of sp³-hybridized carbons (Fsp3) is 0.522. The Morgan fingerprint density at radius 3 is 2.54 bits per heavy atom. The quantitative estimate of drug-likeness (QED) is 0.249. The lowest BCUT2D eigenvalue weighted by atomic mass is 9.94. The second kappa shape index (κ2) is 11.3. The van der Waals surface area contributed by atoms with Gasteiger partial charge in [-0.05, 0) is 46.8 Å². The molecule has 4 N–H and O–H groups in total. The Kier molecular flexibility index (Phi) is 8.32. The van der Waals surface area contributed by atoms with E-state index in [0.29, 0.717) is 0 Å². The van der Waals surface area contributed by atoms with Crippen LogP contribution in [0, 0.1) is 0 Å². The van der Waals surface area contributed by atoms with Crippen molar-refractivity contribution in [2.75, 3.05) is 0 Å². The van der Waals surface area contributed by atoms with Crippen molar-refractivity contribution >= 4 is 13.7 Å². The molecule has 2 aromatic rings. The molecule has 2 heterocycles. The van der Waals surface area contributed by atoms with Gasteiger partial charge in [-0.25, -0.2) is 9.36 Å². The molecule has 13 nitrogen and oxygen atoms in total. The molecule has 0 radical (unpaired) electrons. The van der Waals surface area contributed by atoms with Crippen LogP contribution < -0.4 is 20.9 Å². The highest BCUT2D eigenvalue weighted by molar-refractivity contribution is 7.52. The van der Waals surface area contributed by atoms with Crippen LogP contribution >= 0.6 is 7.75 Å². The molecule has 0 spiro atoms. The minimum atomic E-state index is -4.36. The zero-order valence-electron chi connectivity index (χ0n) is 22.0. The number of ether oxygens (including phenoxy) is 2. The summed E-state index contributed by atoms with van der Waals surface area (Å²) in [5.41, 5.74) is -4.01. The molecule has 204 valence electrons. The van der Waals surface area contributed by atoms with Crippen LogP contribution in [0.15, 0.2) is 52.2 Å². The number of carbonyl (C=O) groups is 1. The highest BCUT2D eigenvalue weighted by Crippen LogP contribution is 2.49. The number of benzene rings is 1. The molecular formula is C23H32N3O10P. The molecule has 37 heavy (non-hydrogen) atoms. The summed E-state index contributed by atoms with van der Waals surface area (Å²) in [6, 6.07) is 6.31. The lowest BCUT2D eigenvalue weighted by Gasteiger charge is -2.29. The molecular weight excluding hydrogens is 509 g/mol. The van der Waals surface area contributed by atoms with E-state index >= 15 is 0 Å². The Labute approximate surface area is 214 Å². The first-order valence-corrected chi connectivity index (χ1v) is 13.1. The van der Waals surface area contributed by atoms with Gasteiger partial charge in [0.05, 0.1) is 13.6 Å². The maximum absolute atomic E-state index is 13.8. The topological polar surface area (TPSA) is 178 Å². The third kappa shape index (κ3) is 6.75. The van der Waals surface area contributed by atoms with E-state index in [0.717, 1.165) is 10.8 Å². The molecule has 7 atom stereocenters. The molecule has 14 heteroatoms. The molecule has 1 saturated heterocycles. The maximum Gasteiger partial charge on any atom is 0.459 e. The van der Waals surface area contributed by atoms with Gasteiger partial charge < -0.3 is 24.2 Å². The predicted molar refractivity (Wildman–Crippen MR) is 131 cm³/mol. The standard InChI is InChI=1S/C23H32N3O10P/c1-13(2)33-20(29)14(3)25-37(32,36-16-9-7-6-8-10-16)35-15(4)18-19(28)23(5,31)21(34-18)26-12-11-17(27)24-22(26)30/h6-15,18-19,21,28,31H,1-5H3,(H,25,32)(H,24,27,30)/t14-,15?,18+,19+,21+,23+,37-/m0/s1/i11D. The maximum atomic E-state index is 13.8. The lowest BCUT2D eigenvalue weighted by molar-refractivity contribution is -0.149. The number of carbonyl (C=O) groups excluding carboxylic acids is 1. The van der Waals surface area contributed by atoms with Gasteiger partial charge in [-0.2, -0.15) is 5.09 Å². The summed E-state index contributed by atoms with van der Waals surface area (Å²) in [6.07, 6.45) is -5.38. The predicted octanol–water partition coefficient (Wildman–Crippen LogP) is 1.07. The van der Waals surface area contributed by atoms with Crippen molar-refractivity contribution in [2.24, 2.45) is 0 Å². The number of para-hydroxylation sites is 1. The van der Waals surface area contributed by atoms with Gasteiger partial charge >= 0.3 is 19.4 Å². The van der Waals surface area contributed by atoms with Crippen LogP contribution in [0.3, 0.4) is 0 Å². The van der Waals surface area contributed by atoms with Crippen LogP contribution in [0.4, 0.5) is 0 Å². The van der Waals surface area contributed by atoms with Crippen LogP contribution in [0.5, 0.6) is 5.75 Å². The van der Waals surface area contributed by atoms with Crippen LogP contribution in [0.1, 0.15) is 42.2 Å². The van der Waals surface area contributed by atoms with Crippen molar-refractivity contribution in [2.45, 2.75) is 76.9 Å². The number of hydrogen-bond donors (Lipinski definition) is 4. The van der Waals surface area contributed by atoms with Gasteiger partial charge in [-0.1, -0.05) is 18.2 Å². The second-order valence-corrected chi connectivity index (χ2v) is 10.8. The Morgan fingerprint density at radius 1 is 1.27 bits per heavy atom. The van der Waals surface area contributed by atoms with Gasteiger partial charge in [-0.3, -0.25) is 23.7 Å². The third-order valence-corrected chi connectivity index (χ3v) is 7.30. The third-order valence-electron chi connectivity index (χ3n) is 5.53. The summed E-state index contributed by atoms with van der Waals surface area (Å²) in [4.78, 5) is 38.2. The SMILES string of the molecule is [2H]c1cn([C@@H]2O[C@H](C(C)O[P@@](=O)(N[C@@H](C)C(=O)OC(C)C)Oc3ccccc3)[C@@H](O)[C@@]2(C)O)c(=O)[nH]c1=O. The van der Waals surface area contributed by atoms with Crippen molar-refractivity contribution in [1.29, 1.82) is 0 Å². The van der Waals surface area contributed by atoms with Crippen molar-refractivity contribution in [1.82, 2.24) is 14.6 Å². The molecule has 0 saturated carbocycles. The number of aromatic amines is 1. The van der Waals surface area contributed by atoms with Crippen molar-refractivity contribution < 1.29 is 39.5 Å². The first-order valence-electron chi connectivity index (χ1n) is 12.0. The Balaban J connectivity index is 1.88. The van der Waals surface area contributed by atoms with Gasteiger partial charge in [0.2, 0.25) is 0 Å². The lowest BCUT2D eigenvalue weighted by Crippen LogP contribution is -2.48. The number of nitrogens with one attached hydrogen (secondary N) is 2. The van der Waals surface area contributed by atoms with Crippen LogP contribution in [-0.4, -0.2) is 61.8 Å². The smallest absolute Gasteiger partial charge is 0.459 e. The fourth-order valence-corrected chi connectivity index (χ4v) is 5.41. The number of rotatable bonds is 10. The molecule has 1 aliphatic rings. The highest BCUT2D eigenvalue weighted by Gasteiger charge is 2.56. The normalized spacial score (nSPS) is 27.2. The van der Waals surface area contributed by atoms with Gasteiger partial charge in [0.1, 0.15) is 29.6 Å². The monoisotopic (exact) mass is 542 g/mol. The van der Waals surface area contributed by atoms with Gasteiger partial charge in [0, 0.05) is 12.2 Å². The number of H-pyrrole nitrogens is 1. The van der Waals surface area contributed by atoms with E-state index < -0.39 is 73.3 Å². The van der Waals surface area contributed by atoms with E-state index in [9.17, 15) is 29.2 Å². The van der Waals surface area contributed by atoms with E-state index in [2.05, 4.69) is 5.09 Å². The highest BCUT2D eigenvalue weighted by atomic mass is 31.2. The molecule has 1 unspecified atom stereocenters. The average Bonchev–Trinajstić information content (AvgIpc) is 3.05. The van der Waals surface area contributed by atoms with E-state index in [4.69, 9.17) is 19.9 Å².